The highest BCUT2D eigenvalue weighted by Crippen LogP contribution is 2.38. The normalized spacial score (nSPS) is 17.4. The quantitative estimate of drug-likeness (QED) is 0.768. The van der Waals surface area contributed by atoms with Crippen LogP contribution in [0.3, 0.4) is 0 Å². The Kier molecular flexibility index (Phi) is 6.00. The number of piperazine rings is 1. The molecule has 2 heterocycles. The summed E-state index contributed by atoms with van der Waals surface area (Å²) < 4.78 is 44.0. The predicted octanol–water partition coefficient (Wildman–Crippen LogP) is 2.36. The van der Waals surface area contributed by atoms with E-state index < -0.39 is 40.4 Å². The van der Waals surface area contributed by atoms with E-state index in [0.29, 0.717) is 6.20 Å². The smallest absolute Gasteiger partial charge is 0.419 e. The molecule has 1 amide bonds. The minimum Gasteiger partial charge on any atom is -0.465 e. The molecule has 146 valence electrons. The molecule has 1 aromatic heterocycles. The molecular formula is C15H14ClF3N4O4. The number of halogens is 4. The molecule has 0 saturated carbocycles. The van der Waals surface area contributed by atoms with E-state index >= 15 is 0 Å². The number of nitriles is 1. The predicted molar refractivity (Wildman–Crippen MR) is 86.3 cm³/mol. The maximum atomic E-state index is 13.0. The minimum absolute atomic E-state index is 0.0345. The van der Waals surface area contributed by atoms with Gasteiger partial charge in [-0.2, -0.15) is 18.4 Å². The van der Waals surface area contributed by atoms with Gasteiger partial charge < -0.3 is 19.6 Å². The second-order valence-electron chi connectivity index (χ2n) is 5.67. The Balaban J connectivity index is 2.43. The Bertz CT molecular complexity index is 796. The topological polar surface area (TPSA) is 107 Å². The van der Waals surface area contributed by atoms with Crippen LogP contribution in [0.1, 0.15) is 18.1 Å². The molecular weight excluding hydrogens is 393 g/mol. The maximum Gasteiger partial charge on any atom is 0.419 e. The fourth-order valence-electron chi connectivity index (χ4n) is 2.67. The Morgan fingerprint density at radius 3 is 2.67 bits per heavy atom. The first kappa shape index (κ1) is 20.6. The summed E-state index contributed by atoms with van der Waals surface area (Å²) in [6, 6.07) is 0.704. The molecule has 0 spiro atoms. The summed E-state index contributed by atoms with van der Waals surface area (Å²) in [5, 5.41) is 17.8. The third kappa shape index (κ3) is 4.51. The van der Waals surface area contributed by atoms with Crippen molar-refractivity contribution in [3.8, 4) is 6.07 Å². The van der Waals surface area contributed by atoms with Gasteiger partial charge in [0, 0.05) is 32.8 Å². The summed E-state index contributed by atoms with van der Waals surface area (Å²) in [5.41, 5.74) is -2.04. The van der Waals surface area contributed by atoms with Crippen LogP contribution >= 0.6 is 11.6 Å². The van der Waals surface area contributed by atoms with Crippen molar-refractivity contribution in [1.29, 1.82) is 5.26 Å². The van der Waals surface area contributed by atoms with Crippen LogP contribution in [0.15, 0.2) is 6.20 Å². The Labute approximate surface area is 156 Å². The standard InChI is InChI=1S/C15H14ClF3N4O4/c1-8(24)27-7-9-6-22(14(25)26)2-3-23(9)13-12(16)10(4-20)11(5-21-13)15(17,18)19/h5,9H,2-3,6-7H2,1H3,(H,25,26)/t9-/m1/s1. The lowest BCUT2D eigenvalue weighted by Crippen LogP contribution is -2.56. The van der Waals surface area contributed by atoms with Crippen molar-refractivity contribution in [2.45, 2.75) is 19.1 Å². The van der Waals surface area contributed by atoms with Crippen LogP contribution in [0.2, 0.25) is 5.02 Å². The van der Waals surface area contributed by atoms with Gasteiger partial charge in [0.25, 0.3) is 0 Å². The maximum absolute atomic E-state index is 13.0. The number of hydrogen-bond donors (Lipinski definition) is 1. The van der Waals surface area contributed by atoms with Crippen LogP contribution in [-0.4, -0.2) is 59.3 Å². The number of aromatic nitrogens is 1. The van der Waals surface area contributed by atoms with E-state index in [1.165, 1.54) is 17.9 Å². The van der Waals surface area contributed by atoms with Crippen LogP contribution in [0.5, 0.6) is 0 Å². The van der Waals surface area contributed by atoms with E-state index in [9.17, 15) is 22.8 Å². The SMILES string of the molecule is CC(=O)OC[C@H]1CN(C(=O)O)CCN1c1ncc(C(F)(F)F)c(C#N)c1Cl. The van der Waals surface area contributed by atoms with Gasteiger partial charge in [-0.1, -0.05) is 11.6 Å². The van der Waals surface area contributed by atoms with E-state index in [4.69, 9.17) is 26.7 Å². The molecule has 1 saturated heterocycles. The van der Waals surface area contributed by atoms with Crippen molar-refractivity contribution in [3.63, 3.8) is 0 Å². The van der Waals surface area contributed by atoms with Gasteiger partial charge in [0.05, 0.1) is 17.2 Å². The molecule has 1 aliphatic rings. The van der Waals surface area contributed by atoms with Crippen LogP contribution < -0.4 is 4.90 Å². The molecule has 1 aromatic rings. The number of rotatable bonds is 3. The van der Waals surface area contributed by atoms with Crippen molar-refractivity contribution in [1.82, 2.24) is 9.88 Å². The molecule has 1 atom stereocenters. The second-order valence-corrected chi connectivity index (χ2v) is 6.05. The summed E-state index contributed by atoms with van der Waals surface area (Å²) in [4.78, 5) is 28.5. The lowest BCUT2D eigenvalue weighted by atomic mass is 10.1. The highest BCUT2D eigenvalue weighted by atomic mass is 35.5. The van der Waals surface area contributed by atoms with Crippen molar-refractivity contribution < 1.29 is 32.6 Å². The van der Waals surface area contributed by atoms with Gasteiger partial charge in [0.15, 0.2) is 0 Å². The Morgan fingerprint density at radius 1 is 1.48 bits per heavy atom. The first-order valence-electron chi connectivity index (χ1n) is 7.60. The van der Waals surface area contributed by atoms with Gasteiger partial charge in [0.2, 0.25) is 0 Å². The van der Waals surface area contributed by atoms with E-state index in [-0.39, 0.29) is 32.1 Å². The van der Waals surface area contributed by atoms with E-state index in [2.05, 4.69) is 4.98 Å². The number of hydrogen-bond acceptors (Lipinski definition) is 6. The summed E-state index contributed by atoms with van der Waals surface area (Å²) in [6.07, 6.45) is -5.49. The van der Waals surface area contributed by atoms with Crippen molar-refractivity contribution in [2.24, 2.45) is 0 Å². The third-order valence-corrected chi connectivity index (χ3v) is 4.28. The number of esters is 1. The molecule has 27 heavy (non-hydrogen) atoms. The zero-order chi connectivity index (χ0) is 20.4. The molecule has 8 nitrogen and oxygen atoms in total. The zero-order valence-corrected chi connectivity index (χ0v) is 14.7. The largest absolute Gasteiger partial charge is 0.465 e. The van der Waals surface area contributed by atoms with Gasteiger partial charge in [-0.15, -0.1) is 0 Å². The van der Waals surface area contributed by atoms with Crippen LogP contribution in [0, 0.1) is 11.3 Å². The lowest BCUT2D eigenvalue weighted by molar-refractivity contribution is -0.141. The molecule has 0 aliphatic carbocycles. The minimum atomic E-state index is -4.81. The summed E-state index contributed by atoms with van der Waals surface area (Å²) in [7, 11) is 0. The van der Waals surface area contributed by atoms with Gasteiger partial charge in [-0.25, -0.2) is 9.78 Å². The highest BCUT2D eigenvalue weighted by molar-refractivity contribution is 6.34. The Hall–Kier alpha value is -2.74. The number of carboxylic acid groups (broad SMARTS) is 1. The second kappa shape index (κ2) is 7.87. The number of amides is 1. The van der Waals surface area contributed by atoms with Crippen molar-refractivity contribution in [2.75, 3.05) is 31.1 Å². The van der Waals surface area contributed by atoms with Crippen molar-refractivity contribution >= 4 is 29.5 Å². The van der Waals surface area contributed by atoms with Crippen LogP contribution in [-0.2, 0) is 15.7 Å². The molecule has 1 fully saturated rings. The number of nitrogens with zero attached hydrogens (tertiary/aromatic N) is 4. The summed E-state index contributed by atoms with van der Waals surface area (Å²) >= 11 is 6.02. The number of carbonyl (C=O) groups excluding carboxylic acids is 1. The van der Waals surface area contributed by atoms with E-state index in [1.807, 2.05) is 0 Å². The van der Waals surface area contributed by atoms with Gasteiger partial charge >= 0.3 is 18.2 Å². The van der Waals surface area contributed by atoms with E-state index in [1.54, 1.807) is 0 Å². The third-order valence-electron chi connectivity index (χ3n) is 3.92. The first-order valence-corrected chi connectivity index (χ1v) is 7.97. The number of alkyl halides is 3. The Morgan fingerprint density at radius 2 is 2.15 bits per heavy atom. The van der Waals surface area contributed by atoms with Gasteiger partial charge in [-0.3, -0.25) is 4.79 Å². The molecule has 0 bridgehead atoms. The molecule has 0 aromatic carbocycles. The number of carbonyl (C=O) groups is 2. The van der Waals surface area contributed by atoms with Crippen molar-refractivity contribution in [3.05, 3.63) is 22.3 Å². The highest BCUT2D eigenvalue weighted by Gasteiger charge is 2.38. The number of anilines is 1. The molecule has 1 aliphatic heterocycles. The van der Waals surface area contributed by atoms with E-state index in [0.717, 1.165) is 4.90 Å². The monoisotopic (exact) mass is 406 g/mol. The van der Waals surface area contributed by atoms with Gasteiger partial charge in [0.1, 0.15) is 23.5 Å². The van der Waals surface area contributed by atoms with Crippen LogP contribution in [0.25, 0.3) is 0 Å². The summed E-state index contributed by atoms with van der Waals surface area (Å²) in [6.45, 7) is 0.941. The number of pyridine rings is 1. The molecule has 0 unspecified atom stereocenters. The van der Waals surface area contributed by atoms with Gasteiger partial charge in [-0.05, 0) is 0 Å². The average Bonchev–Trinajstić information content (AvgIpc) is 2.58. The first-order chi connectivity index (χ1) is 12.6. The molecule has 0 radical (unpaired) electrons. The molecule has 1 N–H and O–H groups in total. The number of ether oxygens (including phenoxy) is 1. The average molecular weight is 407 g/mol. The zero-order valence-electron chi connectivity index (χ0n) is 14.0. The molecule has 12 heteroatoms. The lowest BCUT2D eigenvalue weighted by Gasteiger charge is -2.41. The molecule has 2 rings (SSSR count). The summed E-state index contributed by atoms with van der Waals surface area (Å²) in [5.74, 6) is -0.713. The fourth-order valence-corrected chi connectivity index (χ4v) is 2.97. The van der Waals surface area contributed by atoms with Crippen LogP contribution in [0.4, 0.5) is 23.8 Å². The fraction of sp³-hybridized carbons (Fsp3) is 0.467.